The van der Waals surface area contributed by atoms with Crippen LogP contribution in [0.25, 0.3) is 0 Å². The molecule has 152 valence electrons. The highest BCUT2D eigenvalue weighted by molar-refractivity contribution is 5.71. The molecule has 0 saturated carbocycles. The van der Waals surface area contributed by atoms with E-state index in [9.17, 15) is 0 Å². The Bertz CT molecular complexity index is 273. The lowest BCUT2D eigenvalue weighted by atomic mass is 10.7. The van der Waals surface area contributed by atoms with Gasteiger partial charge in [0.25, 0.3) is 0 Å². The molecule has 0 aliphatic carbocycles. The molecular formula is C12H29N3O10. The molecule has 25 heavy (non-hydrogen) atoms. The number of methoxy groups -OCH3 is 2. The highest BCUT2D eigenvalue weighted by Crippen LogP contribution is 1.98. The highest BCUT2D eigenvalue weighted by atomic mass is 17.5. The predicted octanol–water partition coefficient (Wildman–Crippen LogP) is -0.0548. The summed E-state index contributed by atoms with van der Waals surface area (Å²) in [6.45, 7) is 4.98. The van der Waals surface area contributed by atoms with Crippen LogP contribution in [-0.2, 0) is 33.8 Å². The third kappa shape index (κ3) is 34.6. The van der Waals surface area contributed by atoms with Crippen molar-refractivity contribution in [3.8, 4) is 0 Å². The quantitative estimate of drug-likeness (QED) is 0.0761. The van der Waals surface area contributed by atoms with Gasteiger partial charge in [-0.1, -0.05) is 5.04 Å². The first-order valence-corrected chi connectivity index (χ1v) is 6.96. The number of carbonyl (C=O) groups is 1. The number of nitrogens with one attached hydrogen (secondary N) is 1. The molecule has 0 radical (unpaired) electrons. The standard InChI is InChI=1S/C10H22O7.CH5N3.CH2O3/c1-5-13-9(11-3)7-15-17-16-8-10(12-4)14-6-2;2*2-1(3)4/h9-10H,5-8H2,1-4H3;(H5,2,3,4);(H2,2,3,4). The minimum absolute atomic E-state index is 0.108. The SMILES string of the molecule is CCOC(COOOCC(OC)OCC)OC.N=C(N)N.O=C(O)O. The monoisotopic (exact) mass is 375 g/mol. The molecular weight excluding hydrogens is 346 g/mol. The van der Waals surface area contributed by atoms with E-state index in [4.69, 9.17) is 49.1 Å². The van der Waals surface area contributed by atoms with E-state index in [1.807, 2.05) is 13.8 Å². The first-order valence-electron chi connectivity index (χ1n) is 6.96. The first kappa shape index (κ1) is 28.1. The number of carboxylic acid groups (broad SMARTS) is 2. The van der Waals surface area contributed by atoms with Gasteiger partial charge in [0.05, 0.1) is 0 Å². The Morgan fingerprint density at radius 3 is 1.44 bits per heavy atom. The van der Waals surface area contributed by atoms with Gasteiger partial charge in [0, 0.05) is 27.4 Å². The summed E-state index contributed by atoms with van der Waals surface area (Å²) < 4.78 is 20.2. The predicted molar refractivity (Wildman–Crippen MR) is 84.6 cm³/mol. The van der Waals surface area contributed by atoms with E-state index >= 15 is 0 Å². The van der Waals surface area contributed by atoms with Crippen molar-refractivity contribution in [1.29, 1.82) is 5.41 Å². The summed E-state index contributed by atoms with van der Waals surface area (Å²) in [5.41, 5.74) is 8.94. The second kappa shape index (κ2) is 22.3. The Labute approximate surface area is 146 Å². The average molecular weight is 375 g/mol. The van der Waals surface area contributed by atoms with E-state index < -0.39 is 18.7 Å². The molecule has 0 aromatic heterocycles. The molecule has 0 aliphatic rings. The van der Waals surface area contributed by atoms with Gasteiger partial charge in [0.15, 0.2) is 18.5 Å². The van der Waals surface area contributed by atoms with E-state index in [0.29, 0.717) is 13.2 Å². The third-order valence-corrected chi connectivity index (χ3v) is 1.74. The van der Waals surface area contributed by atoms with Crippen LogP contribution >= 0.6 is 0 Å². The molecule has 7 N–H and O–H groups in total. The molecule has 0 aromatic rings. The summed E-state index contributed by atoms with van der Waals surface area (Å²) >= 11 is 0. The summed E-state index contributed by atoms with van der Waals surface area (Å²) in [4.78, 5) is 18.0. The third-order valence-electron chi connectivity index (χ3n) is 1.74. The number of guanidine groups is 1. The van der Waals surface area contributed by atoms with Crippen LogP contribution in [0.4, 0.5) is 4.79 Å². The Morgan fingerprint density at radius 2 is 1.24 bits per heavy atom. The Balaban J connectivity index is -0.000000503. The van der Waals surface area contributed by atoms with Crippen LogP contribution in [0.1, 0.15) is 13.8 Å². The molecule has 0 bridgehead atoms. The fraction of sp³-hybridized carbons (Fsp3) is 0.833. The van der Waals surface area contributed by atoms with E-state index in [0.717, 1.165) is 0 Å². The van der Waals surface area contributed by atoms with Crippen molar-refractivity contribution < 1.29 is 48.8 Å². The first-order chi connectivity index (χ1) is 11.7. The lowest BCUT2D eigenvalue weighted by molar-refractivity contribution is -0.526. The van der Waals surface area contributed by atoms with Crippen molar-refractivity contribution in [3.63, 3.8) is 0 Å². The molecule has 0 heterocycles. The van der Waals surface area contributed by atoms with Crippen LogP contribution in [0.2, 0.25) is 0 Å². The molecule has 13 heteroatoms. The van der Waals surface area contributed by atoms with E-state index in [1.165, 1.54) is 14.2 Å². The zero-order valence-corrected chi connectivity index (χ0v) is 14.8. The fourth-order valence-electron chi connectivity index (χ4n) is 0.941. The van der Waals surface area contributed by atoms with Crippen LogP contribution in [0.5, 0.6) is 0 Å². The Hall–Kier alpha value is -1.74. The highest BCUT2D eigenvalue weighted by Gasteiger charge is 2.09. The van der Waals surface area contributed by atoms with Crippen molar-refractivity contribution in [2.45, 2.75) is 26.4 Å². The maximum atomic E-state index is 8.56. The van der Waals surface area contributed by atoms with Crippen molar-refractivity contribution in [1.82, 2.24) is 0 Å². The van der Waals surface area contributed by atoms with Gasteiger partial charge >= 0.3 is 6.16 Å². The molecule has 0 amide bonds. The maximum absolute atomic E-state index is 8.56. The lowest BCUT2D eigenvalue weighted by Gasteiger charge is -2.15. The minimum Gasteiger partial charge on any atom is -0.450 e. The molecule has 0 rings (SSSR count). The van der Waals surface area contributed by atoms with Crippen molar-refractivity contribution in [2.75, 3.05) is 40.6 Å². The van der Waals surface area contributed by atoms with Gasteiger partial charge < -0.3 is 40.6 Å². The van der Waals surface area contributed by atoms with E-state index in [2.05, 4.69) is 16.5 Å². The van der Waals surface area contributed by atoms with Crippen LogP contribution in [0.15, 0.2) is 0 Å². The van der Waals surface area contributed by atoms with Gasteiger partial charge in [0.2, 0.25) is 0 Å². The molecule has 0 saturated heterocycles. The normalized spacial score (nSPS) is 12.0. The van der Waals surface area contributed by atoms with E-state index in [1.54, 1.807) is 0 Å². The number of rotatable bonds is 12. The zero-order chi connectivity index (χ0) is 20.1. The second-order valence-electron chi connectivity index (χ2n) is 3.62. The van der Waals surface area contributed by atoms with Gasteiger partial charge in [-0.2, -0.15) is 0 Å². The zero-order valence-electron chi connectivity index (χ0n) is 14.8. The summed E-state index contributed by atoms with van der Waals surface area (Å²) in [7, 11) is 3.03. The van der Waals surface area contributed by atoms with Gasteiger partial charge in [-0.25, -0.2) is 14.6 Å². The van der Waals surface area contributed by atoms with Gasteiger partial charge in [-0.05, 0) is 13.8 Å². The molecule has 0 aromatic carbocycles. The van der Waals surface area contributed by atoms with Crippen LogP contribution in [-0.4, -0.2) is 75.6 Å². The summed E-state index contributed by atoms with van der Waals surface area (Å²) in [5.74, 6) is -0.333. The van der Waals surface area contributed by atoms with Crippen molar-refractivity contribution in [3.05, 3.63) is 0 Å². The second-order valence-corrected chi connectivity index (χ2v) is 3.62. The van der Waals surface area contributed by atoms with Gasteiger partial charge in [-0.3, -0.25) is 5.41 Å². The fourth-order valence-corrected chi connectivity index (χ4v) is 0.941. The smallest absolute Gasteiger partial charge is 0.450 e. The Morgan fingerprint density at radius 1 is 0.960 bits per heavy atom. The molecule has 13 nitrogen and oxygen atoms in total. The van der Waals surface area contributed by atoms with Crippen LogP contribution < -0.4 is 11.5 Å². The topological polar surface area (TPSA) is 198 Å². The van der Waals surface area contributed by atoms with Crippen LogP contribution in [0, 0.1) is 5.41 Å². The van der Waals surface area contributed by atoms with Crippen LogP contribution in [0.3, 0.4) is 0 Å². The summed E-state index contributed by atoms with van der Waals surface area (Å²) in [6.07, 6.45) is -2.79. The Kier molecular flexibility index (Phi) is 25.0. The molecule has 2 unspecified atom stereocenters. The van der Waals surface area contributed by atoms with Gasteiger partial charge in [-0.15, -0.1) is 0 Å². The largest absolute Gasteiger partial charge is 0.503 e. The molecule has 2 atom stereocenters. The lowest BCUT2D eigenvalue weighted by Crippen LogP contribution is -2.24. The number of hydrogen-bond donors (Lipinski definition) is 5. The molecule has 0 fully saturated rings. The van der Waals surface area contributed by atoms with Crippen molar-refractivity contribution in [2.24, 2.45) is 11.5 Å². The minimum atomic E-state index is -1.83. The van der Waals surface area contributed by atoms with E-state index in [-0.39, 0.29) is 19.2 Å². The molecule has 0 spiro atoms. The number of hydrogen-bond acceptors (Lipinski definition) is 9. The van der Waals surface area contributed by atoms with Crippen molar-refractivity contribution >= 4 is 12.1 Å². The molecule has 0 aliphatic heterocycles. The maximum Gasteiger partial charge on any atom is 0.503 e. The average Bonchev–Trinajstić information content (AvgIpc) is 2.51. The van der Waals surface area contributed by atoms with Gasteiger partial charge in [0.1, 0.15) is 13.2 Å². The number of ether oxygens (including phenoxy) is 4. The number of nitrogens with two attached hydrogens (primary N) is 2. The summed E-state index contributed by atoms with van der Waals surface area (Å²) in [5, 5.41) is 24.5. The summed E-state index contributed by atoms with van der Waals surface area (Å²) in [6, 6.07) is 0.